The van der Waals surface area contributed by atoms with Gasteiger partial charge in [0.15, 0.2) is 5.82 Å². The lowest BCUT2D eigenvalue weighted by atomic mass is 10.1. The summed E-state index contributed by atoms with van der Waals surface area (Å²) in [5.74, 6) is 0.179. The minimum absolute atomic E-state index is 0.0137. The molecule has 1 heterocycles. The van der Waals surface area contributed by atoms with Crippen LogP contribution in [0.1, 0.15) is 15.9 Å². The van der Waals surface area contributed by atoms with E-state index < -0.39 is 9.84 Å². The van der Waals surface area contributed by atoms with Crippen LogP contribution in [-0.4, -0.2) is 36.1 Å². The molecule has 112 valence electrons. The SMILES string of the molecule is Cc1ccccc1C(=O)Nc1ccn(CCS(C)(=O)=O)n1. The van der Waals surface area contributed by atoms with Crippen molar-refractivity contribution in [1.82, 2.24) is 9.78 Å². The summed E-state index contributed by atoms with van der Waals surface area (Å²) in [6.07, 6.45) is 2.82. The Morgan fingerprint density at radius 2 is 2.00 bits per heavy atom. The van der Waals surface area contributed by atoms with Crippen LogP contribution in [0.15, 0.2) is 36.5 Å². The van der Waals surface area contributed by atoms with Crippen LogP contribution in [0.5, 0.6) is 0 Å². The molecule has 2 rings (SSSR count). The summed E-state index contributed by atoms with van der Waals surface area (Å²) < 4.78 is 23.7. The van der Waals surface area contributed by atoms with Crippen molar-refractivity contribution in [2.75, 3.05) is 17.3 Å². The number of sulfone groups is 1. The number of anilines is 1. The number of aryl methyl sites for hydroxylation is 2. The van der Waals surface area contributed by atoms with Gasteiger partial charge in [-0.15, -0.1) is 0 Å². The minimum Gasteiger partial charge on any atom is -0.305 e. The Kier molecular flexibility index (Phi) is 4.42. The number of hydrogen-bond donors (Lipinski definition) is 1. The van der Waals surface area contributed by atoms with Crippen molar-refractivity contribution in [2.45, 2.75) is 13.5 Å². The number of nitrogens with zero attached hydrogens (tertiary/aromatic N) is 2. The van der Waals surface area contributed by atoms with Crippen molar-refractivity contribution in [3.63, 3.8) is 0 Å². The Morgan fingerprint density at radius 1 is 1.29 bits per heavy atom. The molecule has 0 aliphatic heterocycles. The largest absolute Gasteiger partial charge is 0.305 e. The summed E-state index contributed by atoms with van der Waals surface area (Å²) >= 11 is 0. The fourth-order valence-electron chi connectivity index (χ4n) is 1.82. The zero-order valence-electron chi connectivity index (χ0n) is 11.9. The summed E-state index contributed by atoms with van der Waals surface area (Å²) in [7, 11) is -3.03. The summed E-state index contributed by atoms with van der Waals surface area (Å²) in [6.45, 7) is 2.12. The van der Waals surface area contributed by atoms with Gasteiger partial charge in [-0.1, -0.05) is 18.2 Å². The van der Waals surface area contributed by atoms with Crippen LogP contribution in [0.2, 0.25) is 0 Å². The number of rotatable bonds is 5. The number of aromatic nitrogens is 2. The van der Waals surface area contributed by atoms with Gasteiger partial charge in [-0.2, -0.15) is 5.10 Å². The molecule has 1 aromatic carbocycles. The third kappa shape index (κ3) is 4.42. The van der Waals surface area contributed by atoms with E-state index in [0.717, 1.165) is 5.56 Å². The molecule has 1 N–H and O–H groups in total. The molecule has 0 aliphatic rings. The number of nitrogens with one attached hydrogen (secondary N) is 1. The Morgan fingerprint density at radius 3 is 2.67 bits per heavy atom. The molecule has 6 nitrogen and oxygen atoms in total. The maximum absolute atomic E-state index is 12.1. The smallest absolute Gasteiger partial charge is 0.257 e. The van der Waals surface area contributed by atoms with E-state index in [1.165, 1.54) is 10.9 Å². The van der Waals surface area contributed by atoms with Crippen molar-refractivity contribution in [3.8, 4) is 0 Å². The van der Waals surface area contributed by atoms with Crippen LogP contribution in [0.4, 0.5) is 5.82 Å². The molecule has 1 aromatic heterocycles. The highest BCUT2D eigenvalue weighted by Gasteiger charge is 2.10. The fourth-order valence-corrected chi connectivity index (χ4v) is 2.34. The predicted octanol–water partition coefficient (Wildman–Crippen LogP) is 1.49. The molecule has 2 aromatic rings. The van der Waals surface area contributed by atoms with Crippen molar-refractivity contribution >= 4 is 21.6 Å². The first-order valence-corrected chi connectivity index (χ1v) is 8.49. The molecule has 0 saturated heterocycles. The molecule has 0 saturated carbocycles. The minimum atomic E-state index is -3.03. The highest BCUT2D eigenvalue weighted by atomic mass is 32.2. The number of benzene rings is 1. The second-order valence-electron chi connectivity index (χ2n) is 4.86. The van der Waals surface area contributed by atoms with Gasteiger partial charge in [0, 0.05) is 24.1 Å². The van der Waals surface area contributed by atoms with E-state index in [0.29, 0.717) is 11.4 Å². The number of hydrogen-bond acceptors (Lipinski definition) is 4. The van der Waals surface area contributed by atoms with Gasteiger partial charge in [0.25, 0.3) is 5.91 Å². The average molecular weight is 307 g/mol. The molecule has 7 heteroatoms. The second kappa shape index (κ2) is 6.09. The summed E-state index contributed by atoms with van der Waals surface area (Å²) in [4.78, 5) is 12.1. The third-order valence-corrected chi connectivity index (χ3v) is 3.89. The van der Waals surface area contributed by atoms with E-state index in [4.69, 9.17) is 0 Å². The Bertz CT molecular complexity index is 750. The van der Waals surface area contributed by atoms with Crippen LogP contribution < -0.4 is 5.32 Å². The first-order valence-electron chi connectivity index (χ1n) is 6.43. The quantitative estimate of drug-likeness (QED) is 0.907. The first-order chi connectivity index (χ1) is 9.85. The van der Waals surface area contributed by atoms with Crippen LogP contribution >= 0.6 is 0 Å². The van der Waals surface area contributed by atoms with Gasteiger partial charge >= 0.3 is 0 Å². The Labute approximate surface area is 123 Å². The summed E-state index contributed by atoms with van der Waals surface area (Å²) in [5.41, 5.74) is 1.47. The number of carbonyl (C=O) groups is 1. The standard InChI is InChI=1S/C14H17N3O3S/c1-11-5-3-4-6-12(11)14(18)15-13-7-8-17(16-13)9-10-21(2,19)20/h3-8H,9-10H2,1-2H3,(H,15,16,18). The second-order valence-corrected chi connectivity index (χ2v) is 7.12. The molecule has 21 heavy (non-hydrogen) atoms. The van der Waals surface area contributed by atoms with E-state index in [1.807, 2.05) is 19.1 Å². The molecule has 0 fully saturated rings. The molecule has 1 amide bonds. The van der Waals surface area contributed by atoms with Crippen molar-refractivity contribution in [3.05, 3.63) is 47.7 Å². The van der Waals surface area contributed by atoms with E-state index >= 15 is 0 Å². The molecule has 0 unspecified atom stereocenters. The molecule has 0 atom stereocenters. The molecular weight excluding hydrogens is 290 g/mol. The highest BCUT2D eigenvalue weighted by Crippen LogP contribution is 2.10. The van der Waals surface area contributed by atoms with E-state index in [9.17, 15) is 13.2 Å². The third-order valence-electron chi connectivity index (χ3n) is 2.96. The maximum Gasteiger partial charge on any atom is 0.257 e. The van der Waals surface area contributed by atoms with Crippen molar-refractivity contribution < 1.29 is 13.2 Å². The first kappa shape index (κ1) is 15.2. The highest BCUT2D eigenvalue weighted by molar-refractivity contribution is 7.90. The lowest BCUT2D eigenvalue weighted by Crippen LogP contribution is -2.15. The molecule has 0 radical (unpaired) electrons. The molecule has 0 aliphatic carbocycles. The van der Waals surface area contributed by atoms with Crippen LogP contribution in [0, 0.1) is 6.92 Å². The Hall–Kier alpha value is -2.15. The van der Waals surface area contributed by atoms with E-state index in [1.54, 1.807) is 24.4 Å². The molecule has 0 spiro atoms. The van der Waals surface area contributed by atoms with Crippen molar-refractivity contribution in [1.29, 1.82) is 0 Å². The number of amides is 1. The lowest BCUT2D eigenvalue weighted by molar-refractivity contribution is 0.102. The van der Waals surface area contributed by atoms with Crippen LogP contribution in [0.3, 0.4) is 0 Å². The van der Waals surface area contributed by atoms with Gasteiger partial charge in [-0.05, 0) is 18.6 Å². The van der Waals surface area contributed by atoms with Gasteiger partial charge in [0.1, 0.15) is 9.84 Å². The zero-order valence-corrected chi connectivity index (χ0v) is 12.7. The average Bonchev–Trinajstić information content (AvgIpc) is 2.83. The van der Waals surface area contributed by atoms with Crippen LogP contribution in [0.25, 0.3) is 0 Å². The fraction of sp³-hybridized carbons (Fsp3) is 0.286. The van der Waals surface area contributed by atoms with E-state index in [-0.39, 0.29) is 18.2 Å². The van der Waals surface area contributed by atoms with Gasteiger partial charge in [-0.3, -0.25) is 9.48 Å². The normalized spacial score (nSPS) is 11.3. The predicted molar refractivity (Wildman–Crippen MR) is 81.1 cm³/mol. The number of carbonyl (C=O) groups excluding carboxylic acids is 1. The maximum atomic E-state index is 12.1. The zero-order chi connectivity index (χ0) is 15.5. The lowest BCUT2D eigenvalue weighted by Gasteiger charge is -2.05. The Balaban J connectivity index is 2.03. The van der Waals surface area contributed by atoms with Crippen molar-refractivity contribution in [2.24, 2.45) is 0 Å². The van der Waals surface area contributed by atoms with Gasteiger partial charge in [-0.25, -0.2) is 8.42 Å². The van der Waals surface area contributed by atoms with Crippen LogP contribution in [-0.2, 0) is 16.4 Å². The molecule has 0 bridgehead atoms. The van der Waals surface area contributed by atoms with Gasteiger partial charge < -0.3 is 5.32 Å². The van der Waals surface area contributed by atoms with E-state index in [2.05, 4.69) is 10.4 Å². The van der Waals surface area contributed by atoms with Gasteiger partial charge in [0.2, 0.25) is 0 Å². The van der Waals surface area contributed by atoms with Gasteiger partial charge in [0.05, 0.1) is 12.3 Å². The summed E-state index contributed by atoms with van der Waals surface area (Å²) in [6, 6.07) is 8.90. The molecular formula is C14H17N3O3S. The monoisotopic (exact) mass is 307 g/mol. The summed E-state index contributed by atoms with van der Waals surface area (Å²) in [5, 5.41) is 6.83. The topological polar surface area (TPSA) is 81.1 Å².